The molecule has 4 nitrogen and oxygen atoms in total. The third-order valence-corrected chi connectivity index (χ3v) is 3.76. The smallest absolute Gasteiger partial charge is 0.126 e. The maximum atomic E-state index is 13.8. The number of rotatable bonds is 3. The van der Waals surface area contributed by atoms with Gasteiger partial charge in [0, 0.05) is 12.4 Å². The van der Waals surface area contributed by atoms with Crippen molar-refractivity contribution in [3.8, 4) is 0 Å². The van der Waals surface area contributed by atoms with E-state index in [2.05, 4.69) is 10.5 Å². The van der Waals surface area contributed by atoms with Crippen molar-refractivity contribution in [1.82, 2.24) is 15.2 Å². The van der Waals surface area contributed by atoms with E-state index in [0.717, 1.165) is 22.2 Å². The SMILES string of the molecule is Cc1ccc(C(NN)c2nn(C)c3ccccc23)cc1F. The van der Waals surface area contributed by atoms with Crippen molar-refractivity contribution in [3.63, 3.8) is 0 Å². The molecule has 5 heteroatoms. The molecule has 0 aliphatic heterocycles. The second-order valence-electron chi connectivity index (χ2n) is 5.13. The molecule has 1 heterocycles. The summed E-state index contributed by atoms with van der Waals surface area (Å²) in [6, 6.07) is 12.7. The third-order valence-electron chi connectivity index (χ3n) is 3.76. The zero-order valence-corrected chi connectivity index (χ0v) is 12.0. The van der Waals surface area contributed by atoms with Crippen LogP contribution in [-0.4, -0.2) is 9.78 Å². The van der Waals surface area contributed by atoms with Crippen LogP contribution in [0.1, 0.15) is 22.9 Å². The van der Waals surface area contributed by atoms with Crippen LogP contribution >= 0.6 is 0 Å². The number of para-hydroxylation sites is 1. The molecule has 0 amide bonds. The normalized spacial score (nSPS) is 12.8. The van der Waals surface area contributed by atoms with Crippen molar-refractivity contribution in [2.45, 2.75) is 13.0 Å². The van der Waals surface area contributed by atoms with Crippen molar-refractivity contribution in [2.75, 3.05) is 0 Å². The highest BCUT2D eigenvalue weighted by Crippen LogP contribution is 2.28. The number of nitrogens with one attached hydrogen (secondary N) is 1. The number of nitrogens with two attached hydrogens (primary N) is 1. The molecule has 0 saturated carbocycles. The van der Waals surface area contributed by atoms with Crippen LogP contribution in [0.3, 0.4) is 0 Å². The summed E-state index contributed by atoms with van der Waals surface area (Å²) >= 11 is 0. The second kappa shape index (κ2) is 5.27. The molecule has 0 aliphatic carbocycles. The molecule has 0 saturated heterocycles. The number of hydrogen-bond donors (Lipinski definition) is 2. The van der Waals surface area contributed by atoms with Gasteiger partial charge in [0.25, 0.3) is 0 Å². The molecular formula is C16H17FN4. The standard InChI is InChI=1S/C16H17FN4/c1-10-7-8-11(9-13(10)17)15(19-18)16-12-5-3-4-6-14(12)21(2)20-16/h3-9,15,19H,18H2,1-2H3. The Labute approximate surface area is 122 Å². The Morgan fingerprint density at radius 1 is 1.24 bits per heavy atom. The van der Waals surface area contributed by atoms with Gasteiger partial charge < -0.3 is 0 Å². The van der Waals surface area contributed by atoms with Gasteiger partial charge in [-0.15, -0.1) is 0 Å². The average Bonchev–Trinajstić information content (AvgIpc) is 2.82. The van der Waals surface area contributed by atoms with Gasteiger partial charge in [-0.25, -0.2) is 9.82 Å². The molecule has 2 aromatic carbocycles. The lowest BCUT2D eigenvalue weighted by Crippen LogP contribution is -2.29. The van der Waals surface area contributed by atoms with Gasteiger partial charge in [0.2, 0.25) is 0 Å². The van der Waals surface area contributed by atoms with Crippen LogP contribution in [0.25, 0.3) is 10.9 Å². The van der Waals surface area contributed by atoms with Gasteiger partial charge >= 0.3 is 0 Å². The summed E-state index contributed by atoms with van der Waals surface area (Å²) in [5, 5.41) is 5.54. The molecule has 0 radical (unpaired) electrons. The van der Waals surface area contributed by atoms with Crippen molar-refractivity contribution >= 4 is 10.9 Å². The third kappa shape index (κ3) is 2.30. The molecular weight excluding hydrogens is 267 g/mol. The monoisotopic (exact) mass is 284 g/mol. The zero-order chi connectivity index (χ0) is 15.0. The Morgan fingerprint density at radius 2 is 2.00 bits per heavy atom. The Morgan fingerprint density at radius 3 is 2.71 bits per heavy atom. The zero-order valence-electron chi connectivity index (χ0n) is 12.0. The molecule has 1 aromatic heterocycles. The summed E-state index contributed by atoms with van der Waals surface area (Å²) in [4.78, 5) is 0. The molecule has 0 aliphatic rings. The lowest BCUT2D eigenvalue weighted by Gasteiger charge is -2.15. The van der Waals surface area contributed by atoms with Crippen LogP contribution in [0.4, 0.5) is 4.39 Å². The largest absolute Gasteiger partial charge is 0.271 e. The van der Waals surface area contributed by atoms with E-state index in [1.165, 1.54) is 6.07 Å². The van der Waals surface area contributed by atoms with E-state index in [9.17, 15) is 4.39 Å². The fourth-order valence-electron chi connectivity index (χ4n) is 2.58. The lowest BCUT2D eigenvalue weighted by atomic mass is 10.00. The topological polar surface area (TPSA) is 55.9 Å². The first-order valence-electron chi connectivity index (χ1n) is 6.75. The van der Waals surface area contributed by atoms with E-state index in [0.29, 0.717) is 5.56 Å². The van der Waals surface area contributed by atoms with Gasteiger partial charge in [-0.05, 0) is 30.2 Å². The van der Waals surface area contributed by atoms with Crippen molar-refractivity contribution < 1.29 is 4.39 Å². The van der Waals surface area contributed by atoms with Gasteiger partial charge in [0.15, 0.2) is 0 Å². The summed E-state index contributed by atoms with van der Waals surface area (Å²) in [5.41, 5.74) is 5.91. The lowest BCUT2D eigenvalue weighted by molar-refractivity contribution is 0.587. The molecule has 0 fully saturated rings. The van der Waals surface area contributed by atoms with E-state index in [1.807, 2.05) is 37.4 Å². The fourth-order valence-corrected chi connectivity index (χ4v) is 2.58. The summed E-state index contributed by atoms with van der Waals surface area (Å²) < 4.78 is 15.6. The Balaban J connectivity index is 2.16. The molecule has 3 rings (SSSR count). The van der Waals surface area contributed by atoms with Crippen molar-refractivity contribution in [2.24, 2.45) is 12.9 Å². The van der Waals surface area contributed by atoms with Gasteiger partial charge in [0.1, 0.15) is 5.82 Å². The number of benzene rings is 2. The van der Waals surface area contributed by atoms with Gasteiger partial charge in [-0.3, -0.25) is 10.5 Å². The Hall–Kier alpha value is -2.24. The number of aromatic nitrogens is 2. The van der Waals surface area contributed by atoms with Crippen molar-refractivity contribution in [3.05, 3.63) is 65.1 Å². The Bertz CT molecular complexity index is 794. The fraction of sp³-hybridized carbons (Fsp3) is 0.188. The van der Waals surface area contributed by atoms with E-state index < -0.39 is 0 Å². The quantitative estimate of drug-likeness (QED) is 0.574. The number of fused-ring (bicyclic) bond motifs is 1. The van der Waals surface area contributed by atoms with Crippen LogP contribution in [0.15, 0.2) is 42.5 Å². The first kappa shape index (κ1) is 13.7. The van der Waals surface area contributed by atoms with E-state index in [-0.39, 0.29) is 11.9 Å². The maximum Gasteiger partial charge on any atom is 0.126 e. The molecule has 108 valence electrons. The number of hydrazine groups is 1. The predicted molar refractivity (Wildman–Crippen MR) is 81.0 cm³/mol. The van der Waals surface area contributed by atoms with Crippen LogP contribution in [0.5, 0.6) is 0 Å². The van der Waals surface area contributed by atoms with Crippen LogP contribution in [0, 0.1) is 12.7 Å². The minimum Gasteiger partial charge on any atom is -0.271 e. The summed E-state index contributed by atoms with van der Waals surface area (Å²) in [7, 11) is 1.88. The summed E-state index contributed by atoms with van der Waals surface area (Å²) in [5.74, 6) is 5.46. The number of hydrogen-bond acceptors (Lipinski definition) is 3. The van der Waals surface area contributed by atoms with E-state index in [4.69, 9.17) is 5.84 Å². The van der Waals surface area contributed by atoms with E-state index >= 15 is 0 Å². The highest BCUT2D eigenvalue weighted by molar-refractivity contribution is 5.82. The molecule has 1 atom stereocenters. The van der Waals surface area contributed by atoms with Gasteiger partial charge in [-0.2, -0.15) is 5.10 Å². The number of nitrogens with zero attached hydrogens (tertiary/aromatic N) is 2. The van der Waals surface area contributed by atoms with E-state index in [1.54, 1.807) is 17.7 Å². The maximum absolute atomic E-state index is 13.8. The first-order valence-corrected chi connectivity index (χ1v) is 6.75. The van der Waals surface area contributed by atoms with Crippen LogP contribution in [0.2, 0.25) is 0 Å². The van der Waals surface area contributed by atoms with Gasteiger partial charge in [0.05, 0.1) is 17.3 Å². The second-order valence-corrected chi connectivity index (χ2v) is 5.13. The summed E-state index contributed by atoms with van der Waals surface area (Å²) in [6.45, 7) is 1.74. The highest BCUT2D eigenvalue weighted by atomic mass is 19.1. The minimum absolute atomic E-state index is 0.243. The average molecular weight is 284 g/mol. The molecule has 0 bridgehead atoms. The Kier molecular flexibility index (Phi) is 3.45. The number of halogens is 1. The van der Waals surface area contributed by atoms with Crippen molar-refractivity contribution in [1.29, 1.82) is 0 Å². The van der Waals surface area contributed by atoms with Crippen LogP contribution in [-0.2, 0) is 7.05 Å². The molecule has 3 N–H and O–H groups in total. The molecule has 1 unspecified atom stereocenters. The molecule has 0 spiro atoms. The highest BCUT2D eigenvalue weighted by Gasteiger charge is 2.20. The van der Waals surface area contributed by atoms with Gasteiger partial charge in [-0.1, -0.05) is 30.3 Å². The minimum atomic E-state index is -0.355. The van der Waals surface area contributed by atoms with Crippen LogP contribution < -0.4 is 11.3 Å². The molecule has 3 aromatic rings. The summed E-state index contributed by atoms with van der Waals surface area (Å²) in [6.07, 6.45) is 0. The molecule has 21 heavy (non-hydrogen) atoms. The first-order chi connectivity index (χ1) is 10.1. The predicted octanol–water partition coefficient (Wildman–Crippen LogP) is 2.57. The number of aryl methyl sites for hydroxylation is 2.